The number of benzene rings is 3. The number of halogens is 1. The van der Waals surface area contributed by atoms with Crippen LogP contribution >= 0.6 is 11.6 Å². The van der Waals surface area contributed by atoms with Gasteiger partial charge in [0.25, 0.3) is 15.9 Å². The van der Waals surface area contributed by atoms with E-state index in [-0.39, 0.29) is 21.9 Å². The SMILES string of the molecule is COC(=O)c1cn(C(=O)CN(c2ccc(Cl)cc2)S(=O)(=O)c2ccc(OC)c(OC)c2)c2ccccc12. The van der Waals surface area contributed by atoms with Crippen LogP contribution in [0.4, 0.5) is 5.69 Å². The molecule has 0 aliphatic rings. The summed E-state index contributed by atoms with van der Waals surface area (Å²) in [5, 5.41) is 0.904. The quantitative estimate of drug-likeness (QED) is 0.299. The van der Waals surface area contributed by atoms with Crippen molar-refractivity contribution in [2.24, 2.45) is 0 Å². The maximum atomic E-state index is 13.8. The Morgan fingerprint density at radius 1 is 0.919 bits per heavy atom. The summed E-state index contributed by atoms with van der Waals surface area (Å²) in [5.41, 5.74) is 0.844. The molecule has 37 heavy (non-hydrogen) atoms. The van der Waals surface area contributed by atoms with Crippen LogP contribution in [0.3, 0.4) is 0 Å². The molecule has 3 aromatic carbocycles. The molecular formula is C26H23ClN2O7S. The number of nitrogens with zero attached hydrogens (tertiary/aromatic N) is 2. The van der Waals surface area contributed by atoms with Crippen LogP contribution in [0.1, 0.15) is 15.2 Å². The van der Waals surface area contributed by atoms with Crippen molar-refractivity contribution in [1.29, 1.82) is 0 Å². The summed E-state index contributed by atoms with van der Waals surface area (Å²) >= 11 is 6.02. The van der Waals surface area contributed by atoms with E-state index in [2.05, 4.69) is 0 Å². The van der Waals surface area contributed by atoms with Gasteiger partial charge < -0.3 is 14.2 Å². The smallest absolute Gasteiger partial charge is 0.340 e. The monoisotopic (exact) mass is 542 g/mol. The van der Waals surface area contributed by atoms with Crippen LogP contribution in [0.25, 0.3) is 10.9 Å². The van der Waals surface area contributed by atoms with Gasteiger partial charge in [0, 0.05) is 22.7 Å². The highest BCUT2D eigenvalue weighted by molar-refractivity contribution is 7.92. The Balaban J connectivity index is 1.81. The lowest BCUT2D eigenvalue weighted by Crippen LogP contribution is -2.37. The molecule has 4 aromatic rings. The minimum Gasteiger partial charge on any atom is -0.493 e. The maximum absolute atomic E-state index is 13.8. The molecular weight excluding hydrogens is 520 g/mol. The number of anilines is 1. The third-order valence-corrected chi connectivity index (χ3v) is 7.74. The molecule has 1 heterocycles. The summed E-state index contributed by atoms with van der Waals surface area (Å²) in [4.78, 5) is 25.8. The number of carbonyl (C=O) groups is 2. The molecule has 9 nitrogen and oxygen atoms in total. The summed E-state index contributed by atoms with van der Waals surface area (Å²) in [6, 6.07) is 17.0. The summed E-state index contributed by atoms with van der Waals surface area (Å²) in [5.74, 6) is -0.643. The Morgan fingerprint density at radius 3 is 2.24 bits per heavy atom. The van der Waals surface area contributed by atoms with E-state index >= 15 is 0 Å². The van der Waals surface area contributed by atoms with Crippen LogP contribution in [0, 0.1) is 0 Å². The standard InChI is InChI=1S/C26H23ClN2O7S/c1-34-23-13-12-19(14-24(23)35-2)37(32,33)29(18-10-8-17(27)9-11-18)16-25(30)28-15-21(26(31)36-3)20-6-4-5-7-22(20)28/h4-15H,16H2,1-3H3. The lowest BCUT2D eigenvalue weighted by atomic mass is 10.2. The van der Waals surface area contributed by atoms with Gasteiger partial charge in [-0.1, -0.05) is 29.8 Å². The first kappa shape index (κ1) is 26.1. The molecule has 0 amide bonds. The van der Waals surface area contributed by atoms with E-state index < -0.39 is 28.4 Å². The van der Waals surface area contributed by atoms with Crippen molar-refractivity contribution in [3.05, 3.63) is 83.5 Å². The zero-order chi connectivity index (χ0) is 26.7. The number of para-hydroxylation sites is 1. The van der Waals surface area contributed by atoms with E-state index in [1.165, 1.54) is 74.6 Å². The largest absolute Gasteiger partial charge is 0.493 e. The lowest BCUT2D eigenvalue weighted by molar-refractivity contribution is 0.0603. The van der Waals surface area contributed by atoms with Crippen LogP contribution < -0.4 is 13.8 Å². The number of hydrogen-bond acceptors (Lipinski definition) is 7. The zero-order valence-corrected chi connectivity index (χ0v) is 21.7. The predicted molar refractivity (Wildman–Crippen MR) is 139 cm³/mol. The molecule has 192 valence electrons. The normalized spacial score (nSPS) is 11.2. The van der Waals surface area contributed by atoms with Crippen molar-refractivity contribution in [3.63, 3.8) is 0 Å². The number of aromatic nitrogens is 1. The molecule has 0 aliphatic heterocycles. The summed E-state index contributed by atoms with van der Waals surface area (Å²) in [7, 11) is -0.189. The topological polar surface area (TPSA) is 104 Å². The van der Waals surface area contributed by atoms with Crippen molar-refractivity contribution in [1.82, 2.24) is 4.57 Å². The van der Waals surface area contributed by atoms with Gasteiger partial charge in [0.05, 0.1) is 43.0 Å². The molecule has 0 saturated carbocycles. The van der Waals surface area contributed by atoms with Crippen LogP contribution in [-0.2, 0) is 14.8 Å². The highest BCUT2D eigenvalue weighted by Crippen LogP contribution is 2.33. The first-order valence-electron chi connectivity index (χ1n) is 10.9. The van der Waals surface area contributed by atoms with E-state index in [4.69, 9.17) is 25.8 Å². The Kier molecular flexibility index (Phi) is 7.42. The van der Waals surface area contributed by atoms with Crippen LogP contribution in [-0.4, -0.2) is 52.7 Å². The second-order valence-corrected chi connectivity index (χ2v) is 10.1. The van der Waals surface area contributed by atoms with E-state index in [1.807, 2.05) is 0 Å². The highest BCUT2D eigenvalue weighted by atomic mass is 35.5. The van der Waals surface area contributed by atoms with Crippen LogP contribution in [0.5, 0.6) is 11.5 Å². The number of carbonyl (C=O) groups excluding carboxylic acids is 2. The van der Waals surface area contributed by atoms with E-state index in [1.54, 1.807) is 24.3 Å². The Hall–Kier alpha value is -4.02. The maximum Gasteiger partial charge on any atom is 0.340 e. The van der Waals surface area contributed by atoms with Gasteiger partial charge in [-0.15, -0.1) is 0 Å². The molecule has 0 atom stereocenters. The van der Waals surface area contributed by atoms with Gasteiger partial charge in [-0.25, -0.2) is 13.2 Å². The number of methoxy groups -OCH3 is 3. The third-order valence-electron chi connectivity index (χ3n) is 5.72. The van der Waals surface area contributed by atoms with Gasteiger partial charge in [-0.2, -0.15) is 0 Å². The van der Waals surface area contributed by atoms with Gasteiger partial charge in [0.1, 0.15) is 6.54 Å². The number of sulfonamides is 1. The fourth-order valence-electron chi connectivity index (χ4n) is 3.88. The van der Waals surface area contributed by atoms with Crippen molar-refractivity contribution < 1.29 is 32.2 Å². The molecule has 0 radical (unpaired) electrons. The molecule has 1 aromatic heterocycles. The van der Waals surface area contributed by atoms with Gasteiger partial charge >= 0.3 is 5.97 Å². The minimum absolute atomic E-state index is 0.111. The number of rotatable bonds is 8. The summed E-state index contributed by atoms with van der Waals surface area (Å²) < 4.78 is 45.2. The summed E-state index contributed by atoms with van der Waals surface area (Å²) in [6.07, 6.45) is 1.35. The van der Waals surface area contributed by atoms with Gasteiger partial charge in [-0.3, -0.25) is 13.7 Å². The van der Waals surface area contributed by atoms with Crippen molar-refractivity contribution in [3.8, 4) is 11.5 Å². The van der Waals surface area contributed by atoms with Gasteiger partial charge in [0.15, 0.2) is 11.5 Å². The second kappa shape index (κ2) is 10.5. The number of esters is 1. The molecule has 0 spiro atoms. The lowest BCUT2D eigenvalue weighted by Gasteiger charge is -2.24. The molecule has 0 bridgehead atoms. The highest BCUT2D eigenvalue weighted by Gasteiger charge is 2.30. The first-order valence-corrected chi connectivity index (χ1v) is 12.7. The molecule has 0 N–H and O–H groups in total. The number of ether oxygens (including phenoxy) is 3. The zero-order valence-electron chi connectivity index (χ0n) is 20.2. The summed E-state index contributed by atoms with van der Waals surface area (Å²) in [6.45, 7) is -0.572. The van der Waals surface area contributed by atoms with Gasteiger partial charge in [-0.05, 0) is 42.5 Å². The third kappa shape index (κ3) is 4.98. The Labute approximate surface area is 218 Å². The average molecular weight is 543 g/mol. The molecule has 0 fully saturated rings. The second-order valence-electron chi connectivity index (χ2n) is 7.82. The fraction of sp³-hybridized carbons (Fsp3) is 0.154. The van der Waals surface area contributed by atoms with Crippen molar-refractivity contribution in [2.45, 2.75) is 4.90 Å². The number of hydrogen-bond donors (Lipinski definition) is 0. The van der Waals surface area contributed by atoms with Crippen molar-refractivity contribution in [2.75, 3.05) is 32.2 Å². The first-order chi connectivity index (χ1) is 17.7. The minimum atomic E-state index is -4.27. The Morgan fingerprint density at radius 2 is 1.59 bits per heavy atom. The molecule has 4 rings (SSSR count). The number of fused-ring (bicyclic) bond motifs is 1. The molecule has 0 unspecified atom stereocenters. The molecule has 0 saturated heterocycles. The fourth-order valence-corrected chi connectivity index (χ4v) is 5.44. The Bertz CT molecular complexity index is 1580. The van der Waals surface area contributed by atoms with E-state index in [9.17, 15) is 18.0 Å². The predicted octanol–water partition coefficient (Wildman–Crippen LogP) is 4.63. The molecule has 0 aliphatic carbocycles. The van der Waals surface area contributed by atoms with E-state index in [0.717, 1.165) is 4.31 Å². The van der Waals surface area contributed by atoms with E-state index in [0.29, 0.717) is 21.7 Å². The van der Waals surface area contributed by atoms with Crippen LogP contribution in [0.15, 0.2) is 77.8 Å². The average Bonchev–Trinajstić information content (AvgIpc) is 3.31. The van der Waals surface area contributed by atoms with Crippen molar-refractivity contribution >= 4 is 50.1 Å². The van der Waals surface area contributed by atoms with Crippen LogP contribution in [0.2, 0.25) is 5.02 Å². The molecule has 11 heteroatoms. The van der Waals surface area contributed by atoms with Gasteiger partial charge in [0.2, 0.25) is 0 Å².